The van der Waals surface area contributed by atoms with Gasteiger partial charge in [0.05, 0.1) is 31.0 Å². The van der Waals surface area contributed by atoms with E-state index >= 15 is 0 Å². The Labute approximate surface area is 273 Å². The minimum atomic E-state index is -0.532. The van der Waals surface area contributed by atoms with Gasteiger partial charge in [-0.05, 0) is 61.7 Å². The van der Waals surface area contributed by atoms with Gasteiger partial charge in [0.2, 0.25) is 5.91 Å². The Kier molecular flexibility index (Phi) is 9.10. The summed E-state index contributed by atoms with van der Waals surface area (Å²) in [5.74, 6) is 0.894. The van der Waals surface area contributed by atoms with Crippen LogP contribution in [-0.4, -0.2) is 76.3 Å². The molecule has 7 rings (SSSR count). The van der Waals surface area contributed by atoms with Crippen molar-refractivity contribution in [1.82, 2.24) is 30.3 Å². The van der Waals surface area contributed by atoms with Crippen molar-refractivity contribution in [3.05, 3.63) is 89.0 Å². The van der Waals surface area contributed by atoms with Crippen LogP contribution in [0, 0.1) is 13.8 Å². The van der Waals surface area contributed by atoms with E-state index in [1.54, 1.807) is 48.5 Å². The fraction of sp³-hybridized carbons (Fsp3) is 0.343. The molecule has 0 aliphatic carbocycles. The van der Waals surface area contributed by atoms with Crippen LogP contribution in [0.2, 0.25) is 0 Å². The Morgan fingerprint density at radius 3 is 2.64 bits per heavy atom. The Morgan fingerprint density at radius 1 is 1.02 bits per heavy atom. The minimum absolute atomic E-state index is 0.0297. The van der Waals surface area contributed by atoms with E-state index in [1.165, 1.54) is 6.20 Å². The van der Waals surface area contributed by atoms with E-state index in [9.17, 15) is 14.4 Å². The topological polar surface area (TPSA) is 137 Å². The highest BCUT2D eigenvalue weighted by molar-refractivity contribution is 5.95. The molecule has 1 saturated heterocycles. The fourth-order valence-electron chi connectivity index (χ4n) is 6.06. The zero-order chi connectivity index (χ0) is 33.1. The average Bonchev–Trinajstić information content (AvgIpc) is 3.58. The Bertz CT molecular complexity index is 1820. The molecule has 0 saturated carbocycles. The molecular formula is C35H38N6O6. The molecule has 5 heterocycles. The van der Waals surface area contributed by atoms with Crippen molar-refractivity contribution in [2.45, 2.75) is 45.4 Å². The molecule has 3 aliphatic heterocycles. The van der Waals surface area contributed by atoms with E-state index in [0.717, 1.165) is 28.1 Å². The predicted octanol–water partition coefficient (Wildman–Crippen LogP) is 3.14. The van der Waals surface area contributed by atoms with Gasteiger partial charge in [-0.1, -0.05) is 12.1 Å². The van der Waals surface area contributed by atoms with Crippen molar-refractivity contribution in [1.29, 1.82) is 0 Å². The van der Waals surface area contributed by atoms with Crippen molar-refractivity contribution in [2.24, 2.45) is 7.05 Å². The van der Waals surface area contributed by atoms with Crippen LogP contribution in [0.1, 0.15) is 39.3 Å². The zero-order valence-electron chi connectivity index (χ0n) is 26.9. The lowest BCUT2D eigenvalue weighted by Gasteiger charge is -2.22. The Morgan fingerprint density at radius 2 is 1.85 bits per heavy atom. The molecule has 0 spiro atoms. The number of ether oxygens (including phenoxy) is 3. The van der Waals surface area contributed by atoms with E-state index < -0.39 is 12.1 Å². The van der Waals surface area contributed by atoms with Crippen molar-refractivity contribution in [3.8, 4) is 28.4 Å². The number of hydrogen-bond acceptors (Lipinski definition) is 8. The summed E-state index contributed by atoms with van der Waals surface area (Å²) in [6, 6.07) is 13.9. The number of fused-ring (bicyclic) bond motifs is 7. The van der Waals surface area contributed by atoms with Gasteiger partial charge >= 0.3 is 0 Å². The summed E-state index contributed by atoms with van der Waals surface area (Å²) in [7, 11) is 3.44. The normalized spacial score (nSPS) is 18.0. The molecule has 244 valence electrons. The standard InChI is InChI=1S/C35H38N6O6/c1-21-29(22(2)40(3)39-21)10-11-34(43)41-18-30-32(19-41)47-28-9-8-24(31(14-28)45-4)17-37-33(42)20-46-27-7-5-6-23(13-27)25-12-26(16-36-15-25)35(44)38-30/h5-9,12-16,30,32H,10-11,17-20H2,1-4H3,(H,37,42)(H,38,44)/t30-,32-/m0/s1. The number of carbonyl (C=O) groups excluding carboxylic acids is 3. The summed E-state index contributed by atoms with van der Waals surface area (Å²) in [6.45, 7) is 4.58. The molecule has 3 amide bonds. The number of likely N-dealkylation sites (tertiary alicyclic amines) is 1. The quantitative estimate of drug-likeness (QED) is 0.348. The van der Waals surface area contributed by atoms with Crippen molar-refractivity contribution >= 4 is 17.7 Å². The molecule has 2 aromatic carbocycles. The number of nitrogens with zero attached hydrogens (tertiary/aromatic N) is 4. The summed E-state index contributed by atoms with van der Waals surface area (Å²) >= 11 is 0. The summed E-state index contributed by atoms with van der Waals surface area (Å²) < 4.78 is 19.6. The molecule has 12 heteroatoms. The van der Waals surface area contributed by atoms with Gasteiger partial charge in [-0.2, -0.15) is 5.10 Å². The van der Waals surface area contributed by atoms with Crippen LogP contribution in [0.4, 0.5) is 0 Å². The first kappa shape index (κ1) is 31.6. The largest absolute Gasteiger partial charge is 0.496 e. The van der Waals surface area contributed by atoms with Gasteiger partial charge in [-0.3, -0.25) is 24.0 Å². The molecule has 2 aromatic heterocycles. The summed E-state index contributed by atoms with van der Waals surface area (Å²) in [6.07, 6.45) is 3.52. The highest BCUT2D eigenvalue weighted by Crippen LogP contribution is 2.29. The molecule has 2 atom stereocenters. The molecule has 2 N–H and O–H groups in total. The van der Waals surface area contributed by atoms with Crippen molar-refractivity contribution in [3.63, 3.8) is 0 Å². The maximum absolute atomic E-state index is 13.6. The lowest BCUT2D eigenvalue weighted by atomic mass is 10.1. The van der Waals surface area contributed by atoms with E-state index in [4.69, 9.17) is 14.2 Å². The van der Waals surface area contributed by atoms with Gasteiger partial charge in [0.15, 0.2) is 6.61 Å². The van der Waals surface area contributed by atoms with Gasteiger partial charge in [-0.15, -0.1) is 0 Å². The Hall–Kier alpha value is -5.39. The van der Waals surface area contributed by atoms with Crippen LogP contribution in [0.5, 0.6) is 17.2 Å². The lowest BCUT2D eigenvalue weighted by molar-refractivity contribution is -0.130. The second-order valence-electron chi connectivity index (χ2n) is 11.8. The summed E-state index contributed by atoms with van der Waals surface area (Å²) in [4.78, 5) is 45.8. The molecule has 4 aromatic rings. The SMILES string of the molecule is COc1cc2ccc1CNC(=O)COc1cccc(c1)-c1cncc(c1)C(=O)N[C@H]1CN(C(=O)CCc3c(C)nn(C)c3C)C[C@@H]1O2. The van der Waals surface area contributed by atoms with Crippen LogP contribution in [0.15, 0.2) is 60.9 Å². The first-order valence-corrected chi connectivity index (χ1v) is 15.5. The Balaban J connectivity index is 1.28. The first-order chi connectivity index (χ1) is 22.7. The van der Waals surface area contributed by atoms with Crippen LogP contribution in [0.3, 0.4) is 0 Å². The number of amides is 3. The van der Waals surface area contributed by atoms with Gasteiger partial charge < -0.3 is 29.7 Å². The molecule has 47 heavy (non-hydrogen) atoms. The molecule has 1 fully saturated rings. The third-order valence-corrected chi connectivity index (χ3v) is 8.74. The highest BCUT2D eigenvalue weighted by Gasteiger charge is 2.38. The maximum atomic E-state index is 13.6. The van der Waals surface area contributed by atoms with Crippen LogP contribution >= 0.6 is 0 Å². The summed E-state index contributed by atoms with van der Waals surface area (Å²) in [5.41, 5.74) is 5.63. The van der Waals surface area contributed by atoms with E-state index in [0.29, 0.717) is 47.8 Å². The van der Waals surface area contributed by atoms with Crippen molar-refractivity contribution < 1.29 is 28.6 Å². The third kappa shape index (κ3) is 7.06. The van der Waals surface area contributed by atoms with Crippen LogP contribution in [-0.2, 0) is 29.6 Å². The first-order valence-electron chi connectivity index (χ1n) is 15.5. The molecule has 3 aliphatic rings. The monoisotopic (exact) mass is 638 g/mol. The number of methoxy groups -OCH3 is 1. The van der Waals surface area contributed by atoms with E-state index in [-0.39, 0.29) is 37.4 Å². The maximum Gasteiger partial charge on any atom is 0.258 e. The second kappa shape index (κ2) is 13.5. The number of pyridine rings is 1. The molecule has 0 unspecified atom stereocenters. The number of aromatic nitrogens is 3. The van der Waals surface area contributed by atoms with Crippen molar-refractivity contribution in [2.75, 3.05) is 26.8 Å². The second-order valence-corrected chi connectivity index (χ2v) is 11.8. The van der Waals surface area contributed by atoms with Crippen LogP contribution in [0.25, 0.3) is 11.1 Å². The lowest BCUT2D eigenvalue weighted by Crippen LogP contribution is -2.45. The molecule has 6 bridgehead atoms. The number of carbonyl (C=O) groups is 3. The van der Waals surface area contributed by atoms with Gasteiger partial charge in [0.25, 0.3) is 11.8 Å². The van der Waals surface area contributed by atoms with E-state index in [2.05, 4.69) is 20.7 Å². The zero-order valence-corrected chi connectivity index (χ0v) is 26.9. The van der Waals surface area contributed by atoms with Gasteiger partial charge in [0, 0.05) is 61.8 Å². The molecule has 12 nitrogen and oxygen atoms in total. The van der Waals surface area contributed by atoms with Gasteiger partial charge in [0.1, 0.15) is 23.4 Å². The minimum Gasteiger partial charge on any atom is -0.496 e. The van der Waals surface area contributed by atoms with Gasteiger partial charge in [-0.25, -0.2) is 0 Å². The highest BCUT2D eigenvalue weighted by atomic mass is 16.5. The number of aryl methyl sites for hydroxylation is 2. The number of nitrogens with one attached hydrogen (secondary N) is 2. The average molecular weight is 639 g/mol. The fourth-order valence-corrected chi connectivity index (χ4v) is 6.06. The number of rotatable bonds is 4. The summed E-state index contributed by atoms with van der Waals surface area (Å²) in [5, 5.41) is 10.5. The number of hydrogen-bond donors (Lipinski definition) is 2. The predicted molar refractivity (Wildman–Crippen MR) is 173 cm³/mol. The third-order valence-electron chi connectivity index (χ3n) is 8.74. The number of benzene rings is 2. The van der Waals surface area contributed by atoms with E-state index in [1.807, 2.05) is 43.8 Å². The smallest absolute Gasteiger partial charge is 0.258 e. The molecule has 0 radical (unpaired) electrons. The van der Waals surface area contributed by atoms with Crippen LogP contribution < -0.4 is 24.8 Å². The molecular weight excluding hydrogens is 600 g/mol.